The summed E-state index contributed by atoms with van der Waals surface area (Å²) in [4.78, 5) is 10.7. The third-order valence-corrected chi connectivity index (χ3v) is 8.61. The topological polar surface area (TPSA) is 25.8 Å². The molecule has 194 valence electrons. The van der Waals surface area contributed by atoms with Gasteiger partial charge in [-0.2, -0.15) is 0 Å². The first-order valence-electron chi connectivity index (χ1n) is 14.4. The van der Waals surface area contributed by atoms with Crippen molar-refractivity contribution in [3.63, 3.8) is 0 Å². The third kappa shape index (κ3) is 3.33. The summed E-state index contributed by atoms with van der Waals surface area (Å²) in [6.07, 6.45) is 0. The van der Waals surface area contributed by atoms with Crippen LogP contribution in [-0.4, -0.2) is 9.97 Å². The zero-order valence-corrected chi connectivity index (χ0v) is 22.8. The molecule has 7 aromatic carbocycles. The van der Waals surface area contributed by atoms with Crippen LogP contribution in [0.3, 0.4) is 0 Å². The SMILES string of the molecule is c1ccc(-c2ccc(-c3nc(-c4ccccc4)c4ccc5ccccc5c4n3)c3c2-c2cccc4cccc-3c24)cc1. The van der Waals surface area contributed by atoms with Crippen molar-refractivity contribution in [2.24, 2.45) is 0 Å². The van der Waals surface area contributed by atoms with Gasteiger partial charge in [0.2, 0.25) is 0 Å². The van der Waals surface area contributed by atoms with E-state index in [4.69, 9.17) is 9.97 Å². The van der Waals surface area contributed by atoms with E-state index >= 15 is 0 Å². The number of hydrogen-bond acceptors (Lipinski definition) is 2. The standard InChI is InChI=1S/C40H24N2/c1-3-11-25(12-4-1)29-23-24-33(37-32-20-10-17-27-16-9-19-31(35(27)32)36(29)37)40-41-38(28-14-5-2-6-15-28)34-22-21-26-13-7-8-18-30(26)39(34)42-40/h1-24H. The molecule has 1 heterocycles. The second-order valence-corrected chi connectivity index (χ2v) is 10.9. The first-order chi connectivity index (χ1) is 20.8. The van der Waals surface area contributed by atoms with Crippen LogP contribution in [0.5, 0.6) is 0 Å². The molecule has 0 N–H and O–H groups in total. The molecule has 0 unspecified atom stereocenters. The lowest BCUT2D eigenvalue weighted by Gasteiger charge is -2.16. The molecule has 0 amide bonds. The van der Waals surface area contributed by atoms with E-state index in [9.17, 15) is 0 Å². The zero-order valence-electron chi connectivity index (χ0n) is 22.8. The average Bonchev–Trinajstić information content (AvgIpc) is 3.41. The van der Waals surface area contributed by atoms with E-state index in [0.717, 1.165) is 38.9 Å². The highest BCUT2D eigenvalue weighted by Crippen LogP contribution is 2.54. The molecule has 2 nitrogen and oxygen atoms in total. The smallest absolute Gasteiger partial charge is 0.161 e. The molecule has 9 rings (SSSR count). The second-order valence-electron chi connectivity index (χ2n) is 10.9. The molecule has 1 aromatic heterocycles. The van der Waals surface area contributed by atoms with Crippen LogP contribution in [0.2, 0.25) is 0 Å². The monoisotopic (exact) mass is 532 g/mol. The van der Waals surface area contributed by atoms with E-state index in [1.807, 2.05) is 0 Å². The van der Waals surface area contributed by atoms with E-state index in [0.29, 0.717) is 0 Å². The van der Waals surface area contributed by atoms with Gasteiger partial charge in [-0.15, -0.1) is 0 Å². The van der Waals surface area contributed by atoms with E-state index in [2.05, 4.69) is 146 Å². The van der Waals surface area contributed by atoms with Crippen molar-refractivity contribution in [3.8, 4) is 56.0 Å². The predicted octanol–water partition coefficient (Wildman–Crippen LogP) is 10.6. The highest BCUT2D eigenvalue weighted by Gasteiger charge is 2.28. The van der Waals surface area contributed by atoms with E-state index < -0.39 is 0 Å². The van der Waals surface area contributed by atoms with Crippen LogP contribution < -0.4 is 0 Å². The Kier molecular flexibility index (Phi) is 4.93. The van der Waals surface area contributed by atoms with Gasteiger partial charge in [-0.3, -0.25) is 0 Å². The van der Waals surface area contributed by atoms with Gasteiger partial charge in [0.25, 0.3) is 0 Å². The molecule has 0 aliphatic heterocycles. The fraction of sp³-hybridized carbons (Fsp3) is 0. The Bertz CT molecular complexity index is 2330. The molecular weight excluding hydrogens is 508 g/mol. The van der Waals surface area contributed by atoms with Crippen LogP contribution in [0.25, 0.3) is 88.5 Å². The first kappa shape index (κ1) is 23.1. The van der Waals surface area contributed by atoms with Crippen molar-refractivity contribution in [2.45, 2.75) is 0 Å². The molecule has 2 heteroatoms. The minimum Gasteiger partial charge on any atom is -0.227 e. The minimum absolute atomic E-state index is 0.748. The fourth-order valence-corrected chi connectivity index (χ4v) is 6.76. The van der Waals surface area contributed by atoms with Crippen molar-refractivity contribution in [1.29, 1.82) is 0 Å². The first-order valence-corrected chi connectivity index (χ1v) is 14.4. The molecule has 0 saturated heterocycles. The van der Waals surface area contributed by atoms with E-state index in [1.54, 1.807) is 0 Å². The Hall–Kier alpha value is -5.60. The van der Waals surface area contributed by atoms with E-state index in [1.165, 1.54) is 49.5 Å². The van der Waals surface area contributed by atoms with Crippen LogP contribution in [0.1, 0.15) is 0 Å². The van der Waals surface area contributed by atoms with Gasteiger partial charge in [0.1, 0.15) is 0 Å². The zero-order chi connectivity index (χ0) is 27.6. The highest BCUT2D eigenvalue weighted by atomic mass is 14.9. The molecule has 0 bridgehead atoms. The summed E-state index contributed by atoms with van der Waals surface area (Å²) < 4.78 is 0. The lowest BCUT2D eigenvalue weighted by Crippen LogP contribution is -1.98. The number of fused-ring (bicyclic) bond motifs is 6. The van der Waals surface area contributed by atoms with Crippen molar-refractivity contribution >= 4 is 32.4 Å². The molecule has 8 aromatic rings. The van der Waals surface area contributed by atoms with Gasteiger partial charge in [0.15, 0.2) is 5.82 Å². The molecular formula is C40H24N2. The lowest BCUT2D eigenvalue weighted by molar-refractivity contribution is 1.23. The quantitative estimate of drug-likeness (QED) is 0.212. The van der Waals surface area contributed by atoms with Gasteiger partial charge in [0, 0.05) is 27.5 Å². The normalized spacial score (nSPS) is 11.8. The summed E-state index contributed by atoms with van der Waals surface area (Å²) in [5.74, 6) is 0.748. The summed E-state index contributed by atoms with van der Waals surface area (Å²) in [6, 6.07) is 51.8. The Morgan fingerprint density at radius 2 is 0.976 bits per heavy atom. The van der Waals surface area contributed by atoms with Crippen LogP contribution in [0.4, 0.5) is 0 Å². The fourth-order valence-electron chi connectivity index (χ4n) is 6.76. The van der Waals surface area contributed by atoms with Crippen LogP contribution in [-0.2, 0) is 0 Å². The number of hydrogen-bond donors (Lipinski definition) is 0. The Balaban J connectivity index is 1.42. The van der Waals surface area contributed by atoms with Crippen molar-refractivity contribution in [2.75, 3.05) is 0 Å². The summed E-state index contributed by atoms with van der Waals surface area (Å²) >= 11 is 0. The molecule has 0 spiro atoms. The molecule has 42 heavy (non-hydrogen) atoms. The van der Waals surface area contributed by atoms with Crippen molar-refractivity contribution in [3.05, 3.63) is 146 Å². The molecule has 1 aliphatic rings. The van der Waals surface area contributed by atoms with Gasteiger partial charge in [-0.1, -0.05) is 133 Å². The third-order valence-electron chi connectivity index (χ3n) is 8.61. The van der Waals surface area contributed by atoms with Crippen LogP contribution >= 0.6 is 0 Å². The molecule has 1 aliphatic carbocycles. The molecule has 0 atom stereocenters. The van der Waals surface area contributed by atoms with Gasteiger partial charge < -0.3 is 0 Å². The largest absolute Gasteiger partial charge is 0.227 e. The number of aromatic nitrogens is 2. The maximum absolute atomic E-state index is 5.36. The molecule has 0 saturated carbocycles. The van der Waals surface area contributed by atoms with Gasteiger partial charge in [-0.25, -0.2) is 9.97 Å². The Morgan fingerprint density at radius 3 is 1.74 bits per heavy atom. The Labute approximate surface area is 243 Å². The average molecular weight is 533 g/mol. The summed E-state index contributed by atoms with van der Waals surface area (Å²) in [5, 5.41) is 5.93. The maximum atomic E-state index is 5.36. The van der Waals surface area contributed by atoms with E-state index in [-0.39, 0.29) is 0 Å². The number of rotatable bonds is 3. The number of benzene rings is 7. The summed E-state index contributed by atoms with van der Waals surface area (Å²) in [6.45, 7) is 0. The second kappa shape index (κ2) is 8.95. The van der Waals surface area contributed by atoms with Gasteiger partial charge in [0.05, 0.1) is 11.2 Å². The van der Waals surface area contributed by atoms with Crippen LogP contribution in [0, 0.1) is 0 Å². The minimum atomic E-state index is 0.748. The van der Waals surface area contributed by atoms with Crippen LogP contribution in [0.15, 0.2) is 146 Å². The predicted molar refractivity (Wildman–Crippen MR) is 175 cm³/mol. The lowest BCUT2D eigenvalue weighted by atomic mass is 9.90. The molecule has 0 radical (unpaired) electrons. The summed E-state index contributed by atoms with van der Waals surface area (Å²) in [7, 11) is 0. The van der Waals surface area contributed by atoms with Crippen molar-refractivity contribution < 1.29 is 0 Å². The summed E-state index contributed by atoms with van der Waals surface area (Å²) in [5.41, 5.74) is 11.5. The Morgan fingerprint density at radius 1 is 0.357 bits per heavy atom. The maximum Gasteiger partial charge on any atom is 0.161 e. The van der Waals surface area contributed by atoms with Crippen molar-refractivity contribution in [1.82, 2.24) is 9.97 Å². The highest BCUT2D eigenvalue weighted by molar-refractivity contribution is 6.21. The molecule has 0 fully saturated rings. The van der Waals surface area contributed by atoms with Gasteiger partial charge >= 0.3 is 0 Å². The number of nitrogens with zero attached hydrogens (tertiary/aromatic N) is 2. The van der Waals surface area contributed by atoms with Gasteiger partial charge in [-0.05, 0) is 56.1 Å².